The minimum absolute atomic E-state index is 0.0142. The molecule has 31 heavy (non-hydrogen) atoms. The molecule has 0 unspecified atom stereocenters. The van der Waals surface area contributed by atoms with Crippen LogP contribution in [0, 0.1) is 12.7 Å². The molecule has 1 aliphatic rings. The second kappa shape index (κ2) is 7.91. The highest BCUT2D eigenvalue weighted by Gasteiger charge is 2.34. The van der Waals surface area contributed by atoms with Gasteiger partial charge in [-0.1, -0.05) is 32.9 Å². The van der Waals surface area contributed by atoms with Gasteiger partial charge in [-0.3, -0.25) is 14.5 Å². The zero-order chi connectivity index (χ0) is 22.3. The van der Waals surface area contributed by atoms with Gasteiger partial charge in [-0.15, -0.1) is 0 Å². The summed E-state index contributed by atoms with van der Waals surface area (Å²) in [5.74, 6) is -0.271. The van der Waals surface area contributed by atoms with Crippen molar-refractivity contribution < 1.29 is 9.18 Å². The molecule has 1 aromatic carbocycles. The largest absolute Gasteiger partial charge is 0.329 e. The summed E-state index contributed by atoms with van der Waals surface area (Å²) in [6.45, 7) is 8.93. The number of pyridine rings is 1. The van der Waals surface area contributed by atoms with Crippen molar-refractivity contribution in [2.24, 2.45) is 7.05 Å². The minimum atomic E-state index is -0.256. The van der Waals surface area contributed by atoms with E-state index in [2.05, 4.69) is 25.9 Å². The Morgan fingerprint density at radius 3 is 2.45 bits per heavy atom. The predicted octanol–water partition coefficient (Wildman–Crippen LogP) is 5.20. The number of hydrogen-bond acceptors (Lipinski definition) is 3. The summed E-state index contributed by atoms with van der Waals surface area (Å²) in [4.78, 5) is 20.1. The zero-order valence-electron chi connectivity index (χ0n) is 18.8. The van der Waals surface area contributed by atoms with Crippen molar-refractivity contribution in [3.63, 3.8) is 0 Å². The molecule has 0 radical (unpaired) electrons. The third-order valence-corrected chi connectivity index (χ3v) is 5.87. The standard InChI is InChI=1S/C25H29FN4O/c1-16-13-18(17-8-10-19(26)11-9-17)14-20(27-16)21-7-6-12-30(21)24(31)22-15-23(25(2,3)4)28-29(22)5/h8-11,13-15,21H,6-7,12H2,1-5H3/t21-/m1/s1. The topological polar surface area (TPSA) is 51.0 Å². The lowest BCUT2D eigenvalue weighted by Gasteiger charge is -2.25. The quantitative estimate of drug-likeness (QED) is 0.585. The highest BCUT2D eigenvalue weighted by atomic mass is 19.1. The van der Waals surface area contributed by atoms with E-state index in [1.807, 2.05) is 37.1 Å². The summed E-state index contributed by atoms with van der Waals surface area (Å²) in [7, 11) is 1.82. The van der Waals surface area contributed by atoms with Gasteiger partial charge in [0.25, 0.3) is 5.91 Å². The van der Waals surface area contributed by atoms with E-state index in [9.17, 15) is 9.18 Å². The average Bonchev–Trinajstić information content (AvgIpc) is 3.34. The number of likely N-dealkylation sites (tertiary alicyclic amines) is 1. The Morgan fingerprint density at radius 2 is 1.81 bits per heavy atom. The Labute approximate surface area is 182 Å². The van der Waals surface area contributed by atoms with E-state index in [0.29, 0.717) is 12.2 Å². The Hall–Kier alpha value is -3.02. The molecule has 0 N–H and O–H groups in total. The minimum Gasteiger partial charge on any atom is -0.329 e. The Bertz CT molecular complexity index is 1110. The van der Waals surface area contributed by atoms with Crippen molar-refractivity contribution in [3.8, 4) is 11.1 Å². The SMILES string of the molecule is Cc1cc(-c2ccc(F)cc2)cc([C@H]2CCCN2C(=O)c2cc(C(C)(C)C)nn2C)n1. The lowest BCUT2D eigenvalue weighted by molar-refractivity contribution is 0.0721. The van der Waals surface area contributed by atoms with Gasteiger partial charge >= 0.3 is 0 Å². The number of nitrogens with zero attached hydrogens (tertiary/aromatic N) is 4. The molecule has 1 amide bonds. The fourth-order valence-corrected chi connectivity index (χ4v) is 4.17. The van der Waals surface area contributed by atoms with E-state index in [1.54, 1.807) is 16.8 Å². The van der Waals surface area contributed by atoms with Gasteiger partial charge in [-0.05, 0) is 61.2 Å². The van der Waals surface area contributed by atoms with E-state index in [4.69, 9.17) is 4.98 Å². The fraction of sp³-hybridized carbons (Fsp3) is 0.400. The average molecular weight is 421 g/mol. The number of aryl methyl sites for hydroxylation is 2. The molecule has 1 saturated heterocycles. The summed E-state index contributed by atoms with van der Waals surface area (Å²) in [6.07, 6.45) is 1.80. The molecule has 1 fully saturated rings. The normalized spacial score (nSPS) is 16.7. The van der Waals surface area contributed by atoms with Gasteiger partial charge < -0.3 is 4.90 Å². The van der Waals surface area contributed by atoms with E-state index >= 15 is 0 Å². The Balaban J connectivity index is 1.67. The molecule has 0 aliphatic carbocycles. The first-order valence-electron chi connectivity index (χ1n) is 10.7. The van der Waals surface area contributed by atoms with Crippen molar-refractivity contribution in [1.29, 1.82) is 0 Å². The first-order valence-corrected chi connectivity index (χ1v) is 10.7. The van der Waals surface area contributed by atoms with Crippen LogP contribution in [0.1, 0.15) is 67.2 Å². The van der Waals surface area contributed by atoms with Crippen molar-refractivity contribution in [3.05, 3.63) is 71.1 Å². The molecular formula is C25H29FN4O. The first kappa shape index (κ1) is 21.2. The van der Waals surface area contributed by atoms with Crippen LogP contribution in [0.4, 0.5) is 4.39 Å². The van der Waals surface area contributed by atoms with Gasteiger partial charge in [0.15, 0.2) is 0 Å². The van der Waals surface area contributed by atoms with Crippen molar-refractivity contribution in [2.75, 3.05) is 6.54 Å². The Morgan fingerprint density at radius 1 is 1.10 bits per heavy atom. The maximum absolute atomic E-state index is 13.5. The fourth-order valence-electron chi connectivity index (χ4n) is 4.17. The molecule has 0 spiro atoms. The van der Waals surface area contributed by atoms with E-state index in [-0.39, 0.29) is 23.2 Å². The van der Waals surface area contributed by atoms with Crippen molar-refractivity contribution >= 4 is 5.91 Å². The first-order chi connectivity index (χ1) is 14.6. The second-order valence-electron chi connectivity index (χ2n) is 9.37. The van der Waals surface area contributed by atoms with Crippen LogP contribution in [-0.2, 0) is 12.5 Å². The molecule has 2 aromatic heterocycles. The molecule has 5 nitrogen and oxygen atoms in total. The van der Waals surface area contributed by atoms with E-state index in [1.165, 1.54) is 12.1 Å². The predicted molar refractivity (Wildman–Crippen MR) is 119 cm³/mol. The molecule has 1 aliphatic heterocycles. The molecule has 3 aromatic rings. The number of halogens is 1. The van der Waals surface area contributed by atoms with Gasteiger partial charge in [-0.25, -0.2) is 4.39 Å². The summed E-state index contributed by atoms with van der Waals surface area (Å²) < 4.78 is 15.0. The third kappa shape index (κ3) is 4.24. The van der Waals surface area contributed by atoms with Crippen LogP contribution in [0.15, 0.2) is 42.5 Å². The van der Waals surface area contributed by atoms with Crippen molar-refractivity contribution in [2.45, 2.75) is 52.0 Å². The number of hydrogen-bond donors (Lipinski definition) is 0. The van der Waals surface area contributed by atoms with Gasteiger partial charge in [0.05, 0.1) is 17.4 Å². The van der Waals surface area contributed by atoms with Gasteiger partial charge in [0.1, 0.15) is 11.5 Å². The smallest absolute Gasteiger partial charge is 0.272 e. The lowest BCUT2D eigenvalue weighted by Crippen LogP contribution is -2.32. The third-order valence-electron chi connectivity index (χ3n) is 5.87. The molecule has 3 heterocycles. The molecule has 6 heteroatoms. The van der Waals surface area contributed by atoms with Crippen LogP contribution in [0.2, 0.25) is 0 Å². The number of rotatable bonds is 3. The molecular weight excluding hydrogens is 391 g/mol. The number of benzene rings is 1. The Kier molecular flexibility index (Phi) is 5.42. The summed E-state index contributed by atoms with van der Waals surface area (Å²) in [5.41, 5.74) is 5.06. The van der Waals surface area contributed by atoms with Crippen LogP contribution in [0.3, 0.4) is 0 Å². The second-order valence-corrected chi connectivity index (χ2v) is 9.37. The van der Waals surface area contributed by atoms with Crippen LogP contribution in [0.25, 0.3) is 11.1 Å². The van der Waals surface area contributed by atoms with Crippen molar-refractivity contribution in [1.82, 2.24) is 19.7 Å². The number of carbonyl (C=O) groups excluding carboxylic acids is 1. The van der Waals surface area contributed by atoms with E-state index in [0.717, 1.165) is 41.1 Å². The zero-order valence-corrected chi connectivity index (χ0v) is 18.8. The molecule has 0 bridgehead atoms. The van der Waals surface area contributed by atoms with E-state index < -0.39 is 0 Å². The van der Waals surface area contributed by atoms with Crippen LogP contribution < -0.4 is 0 Å². The maximum atomic E-state index is 13.5. The van der Waals surface area contributed by atoms with Gasteiger partial charge in [0, 0.05) is 24.7 Å². The highest BCUT2D eigenvalue weighted by Crippen LogP contribution is 2.35. The number of amides is 1. The van der Waals surface area contributed by atoms with Gasteiger partial charge in [-0.2, -0.15) is 5.10 Å². The maximum Gasteiger partial charge on any atom is 0.272 e. The number of carbonyl (C=O) groups is 1. The molecule has 0 saturated carbocycles. The molecule has 4 rings (SSSR count). The van der Waals surface area contributed by atoms with Crippen LogP contribution in [0.5, 0.6) is 0 Å². The summed E-state index contributed by atoms with van der Waals surface area (Å²) >= 11 is 0. The van der Waals surface area contributed by atoms with Crippen LogP contribution >= 0.6 is 0 Å². The number of aromatic nitrogens is 3. The highest BCUT2D eigenvalue weighted by molar-refractivity contribution is 5.93. The summed E-state index contributed by atoms with van der Waals surface area (Å²) in [5, 5.41) is 4.57. The molecule has 162 valence electrons. The summed E-state index contributed by atoms with van der Waals surface area (Å²) in [6, 6.07) is 12.3. The lowest BCUT2D eigenvalue weighted by atomic mass is 9.92. The van der Waals surface area contributed by atoms with Crippen LogP contribution in [-0.4, -0.2) is 32.1 Å². The molecule has 1 atom stereocenters. The monoisotopic (exact) mass is 420 g/mol. The van der Waals surface area contributed by atoms with Gasteiger partial charge in [0.2, 0.25) is 0 Å².